The van der Waals surface area contributed by atoms with Gasteiger partial charge in [0.15, 0.2) is 0 Å². The molecule has 0 radical (unpaired) electrons. The molecule has 0 heterocycles. The van der Waals surface area contributed by atoms with Crippen LogP contribution in [-0.2, 0) is 4.74 Å². The molecular weight excluding hydrogens is 147 g/mol. The van der Waals surface area contributed by atoms with Gasteiger partial charge in [-0.2, -0.15) is 0 Å². The monoisotopic (exact) mass is 156 g/mol. The molecule has 0 aliphatic rings. The molecule has 0 unspecified atom stereocenters. The van der Waals surface area contributed by atoms with E-state index in [-0.39, 0.29) is 26.3 Å². The van der Waals surface area contributed by atoms with Crippen molar-refractivity contribution in [2.45, 2.75) is 0 Å². The molecule has 1 rings (SSSR count). The van der Waals surface area contributed by atoms with Crippen LogP contribution in [0.25, 0.3) is 0 Å². The molecule has 0 bridgehead atoms. The van der Waals surface area contributed by atoms with Crippen LogP contribution in [0.4, 0.5) is 0 Å². The minimum absolute atomic E-state index is 0. The van der Waals surface area contributed by atoms with Crippen LogP contribution in [0.5, 0.6) is 0 Å². The molecule has 0 fully saturated rings. The maximum atomic E-state index is 11.0. The van der Waals surface area contributed by atoms with Gasteiger partial charge in [0, 0.05) is 0 Å². The van der Waals surface area contributed by atoms with Gasteiger partial charge in [0.2, 0.25) is 0 Å². The molecule has 0 aliphatic carbocycles. The molecule has 0 saturated heterocycles. The van der Waals surface area contributed by atoms with Crippen LogP contribution in [0.3, 0.4) is 0 Å². The van der Waals surface area contributed by atoms with Gasteiger partial charge in [0.1, 0.15) is 0 Å². The number of carbonyl (C=O) groups is 1. The Morgan fingerprint density at radius 2 is 2.00 bits per heavy atom. The van der Waals surface area contributed by atoms with Crippen LogP contribution in [0.2, 0.25) is 0 Å². The van der Waals surface area contributed by atoms with Crippen LogP contribution in [0.15, 0.2) is 43.2 Å². The number of ether oxygens (including phenoxy) is 1. The van der Waals surface area contributed by atoms with Crippen LogP contribution in [0, 0.1) is 0 Å². The van der Waals surface area contributed by atoms with Crippen molar-refractivity contribution < 1.29 is 29.8 Å². The van der Waals surface area contributed by atoms with Gasteiger partial charge in [-0.05, 0) is 12.1 Å². The van der Waals surface area contributed by atoms with Crippen LogP contribution >= 0.6 is 0 Å². The standard InChI is InChI=1S/C9H8O2.Li.H/c1-2-11-9(10)8-6-4-3-5-7-8;;/h2-7H,1H2;;/q;+1;-1. The molecule has 3 heteroatoms. The maximum Gasteiger partial charge on any atom is 1.00 e. The first-order valence-corrected chi connectivity index (χ1v) is 3.21. The second kappa shape index (κ2) is 5.65. The summed E-state index contributed by atoms with van der Waals surface area (Å²) in [6.45, 7) is 3.28. The predicted molar refractivity (Wildman–Crippen MR) is 43.2 cm³/mol. The summed E-state index contributed by atoms with van der Waals surface area (Å²) in [6.07, 6.45) is 1.12. The van der Waals surface area contributed by atoms with Gasteiger partial charge in [-0.15, -0.1) is 0 Å². The third-order valence-electron chi connectivity index (χ3n) is 1.20. The zero-order valence-electron chi connectivity index (χ0n) is 7.99. The van der Waals surface area contributed by atoms with Gasteiger partial charge >= 0.3 is 24.8 Å². The molecule has 0 spiro atoms. The SMILES string of the molecule is C=COC(=O)c1ccccc1.[H-].[Li+]. The van der Waals surface area contributed by atoms with Crippen LogP contribution in [0.1, 0.15) is 11.8 Å². The van der Waals surface area contributed by atoms with Crippen LogP contribution < -0.4 is 18.9 Å². The first-order chi connectivity index (χ1) is 5.34. The van der Waals surface area contributed by atoms with Gasteiger partial charge in [0.25, 0.3) is 0 Å². The Labute approximate surface area is 84.9 Å². The van der Waals surface area contributed by atoms with E-state index in [0.29, 0.717) is 5.56 Å². The van der Waals surface area contributed by atoms with E-state index in [1.807, 2.05) is 6.07 Å². The van der Waals surface area contributed by atoms with E-state index in [4.69, 9.17) is 0 Å². The number of hydrogen-bond acceptors (Lipinski definition) is 2. The number of rotatable bonds is 2. The van der Waals surface area contributed by atoms with Crippen molar-refractivity contribution in [3.8, 4) is 0 Å². The van der Waals surface area contributed by atoms with E-state index in [1.165, 1.54) is 0 Å². The number of benzene rings is 1. The van der Waals surface area contributed by atoms with Gasteiger partial charge in [0.05, 0.1) is 11.8 Å². The van der Waals surface area contributed by atoms with Gasteiger partial charge in [-0.3, -0.25) is 0 Å². The molecule has 0 atom stereocenters. The first kappa shape index (κ1) is 11.0. The zero-order valence-corrected chi connectivity index (χ0v) is 6.99. The Morgan fingerprint density at radius 1 is 1.42 bits per heavy atom. The van der Waals surface area contributed by atoms with E-state index in [2.05, 4.69) is 11.3 Å². The molecule has 0 aromatic heterocycles. The summed E-state index contributed by atoms with van der Waals surface area (Å²) in [4.78, 5) is 11.0. The summed E-state index contributed by atoms with van der Waals surface area (Å²) in [7, 11) is 0. The molecule has 58 valence electrons. The molecular formula is C9H9LiO2. The van der Waals surface area contributed by atoms with Crippen LogP contribution in [-0.4, -0.2) is 5.97 Å². The summed E-state index contributed by atoms with van der Waals surface area (Å²) in [5.74, 6) is -0.374. The summed E-state index contributed by atoms with van der Waals surface area (Å²) < 4.78 is 4.55. The summed E-state index contributed by atoms with van der Waals surface area (Å²) in [6, 6.07) is 8.77. The molecule has 12 heavy (non-hydrogen) atoms. The van der Waals surface area contributed by atoms with Crippen molar-refractivity contribution in [3.63, 3.8) is 0 Å². The van der Waals surface area contributed by atoms with E-state index in [9.17, 15) is 4.79 Å². The minimum atomic E-state index is -0.374. The van der Waals surface area contributed by atoms with Crippen molar-refractivity contribution in [3.05, 3.63) is 48.7 Å². The summed E-state index contributed by atoms with van der Waals surface area (Å²) in [5.41, 5.74) is 0.535. The normalized spacial score (nSPS) is 8.00. The first-order valence-electron chi connectivity index (χ1n) is 3.21. The fourth-order valence-corrected chi connectivity index (χ4v) is 0.718. The molecule has 0 N–H and O–H groups in total. The topological polar surface area (TPSA) is 26.3 Å². The Balaban J connectivity index is 0. The van der Waals surface area contributed by atoms with Crippen molar-refractivity contribution in [1.82, 2.24) is 0 Å². The number of carbonyl (C=O) groups excluding carboxylic acids is 1. The van der Waals surface area contributed by atoms with Gasteiger partial charge in [-0.25, -0.2) is 4.79 Å². The molecule has 2 nitrogen and oxygen atoms in total. The van der Waals surface area contributed by atoms with Crippen molar-refractivity contribution in [2.24, 2.45) is 0 Å². The second-order valence-electron chi connectivity index (χ2n) is 1.94. The Morgan fingerprint density at radius 3 is 2.50 bits per heavy atom. The van der Waals surface area contributed by atoms with Gasteiger partial charge in [-0.1, -0.05) is 24.8 Å². The average Bonchev–Trinajstić information content (AvgIpc) is 2.07. The second-order valence-corrected chi connectivity index (χ2v) is 1.94. The maximum absolute atomic E-state index is 11.0. The smallest absolute Gasteiger partial charge is 1.00 e. The quantitative estimate of drug-likeness (QED) is 0.315. The summed E-state index contributed by atoms with van der Waals surface area (Å²) in [5, 5.41) is 0. The number of hydrogen-bond donors (Lipinski definition) is 0. The fraction of sp³-hybridized carbons (Fsp3) is 0. The van der Waals surface area contributed by atoms with E-state index >= 15 is 0 Å². The molecule has 1 aromatic carbocycles. The van der Waals surface area contributed by atoms with E-state index < -0.39 is 0 Å². The number of esters is 1. The molecule has 0 amide bonds. The van der Waals surface area contributed by atoms with Crippen molar-refractivity contribution in [2.75, 3.05) is 0 Å². The Bertz CT molecular complexity index is 262. The third kappa shape index (κ3) is 2.96. The van der Waals surface area contributed by atoms with E-state index in [0.717, 1.165) is 6.26 Å². The van der Waals surface area contributed by atoms with Crippen molar-refractivity contribution >= 4 is 5.97 Å². The fourth-order valence-electron chi connectivity index (χ4n) is 0.718. The van der Waals surface area contributed by atoms with E-state index in [1.54, 1.807) is 24.3 Å². The predicted octanol–water partition coefficient (Wildman–Crippen LogP) is -0.897. The van der Waals surface area contributed by atoms with Crippen molar-refractivity contribution in [1.29, 1.82) is 0 Å². The molecule has 0 aliphatic heterocycles. The largest absolute Gasteiger partial charge is 1.00 e. The molecule has 0 saturated carbocycles. The third-order valence-corrected chi connectivity index (χ3v) is 1.20. The molecule has 1 aromatic rings. The Kier molecular flexibility index (Phi) is 5.19. The summed E-state index contributed by atoms with van der Waals surface area (Å²) >= 11 is 0. The van der Waals surface area contributed by atoms with Gasteiger partial charge < -0.3 is 6.16 Å². The Hall–Kier alpha value is -0.973. The minimum Gasteiger partial charge on any atom is -1.00 e. The average molecular weight is 156 g/mol. The zero-order chi connectivity index (χ0) is 8.10.